The standard InChI is InChI=1S/C19H38N2O.C2H6O4S/c1-4-6-7-8-9-10-11-12-13-14-15-19-20-18(17(3)22)16-21(19)5-2;1-2-6-7(3,4)5/h17-18,22H,4-16H2,1-3H3;2H2,1H3,(H,3,4,5). The molecule has 2 N–H and O–H groups in total. The Morgan fingerprint density at radius 1 is 1.03 bits per heavy atom. The number of unbranched alkanes of at least 4 members (excludes halogenated alkanes) is 9. The van der Waals surface area contributed by atoms with Crippen LogP contribution in [0.3, 0.4) is 0 Å². The largest absolute Gasteiger partial charge is 0.397 e. The number of rotatable bonds is 15. The molecule has 0 spiro atoms. The van der Waals surface area contributed by atoms with Gasteiger partial charge in [0.1, 0.15) is 0 Å². The van der Waals surface area contributed by atoms with E-state index >= 15 is 0 Å². The van der Waals surface area contributed by atoms with Crippen LogP contribution >= 0.6 is 0 Å². The first-order chi connectivity index (χ1) is 13.7. The Bertz CT molecular complexity index is 523. The lowest BCUT2D eigenvalue weighted by atomic mass is 10.1. The van der Waals surface area contributed by atoms with Crippen molar-refractivity contribution >= 4 is 16.2 Å². The van der Waals surface area contributed by atoms with Crippen molar-refractivity contribution in [2.45, 2.75) is 110 Å². The van der Waals surface area contributed by atoms with Gasteiger partial charge in [-0.2, -0.15) is 8.42 Å². The van der Waals surface area contributed by atoms with E-state index in [-0.39, 0.29) is 18.8 Å². The van der Waals surface area contributed by atoms with Gasteiger partial charge in [0.05, 0.1) is 24.6 Å². The molecule has 0 bridgehead atoms. The van der Waals surface area contributed by atoms with Crippen molar-refractivity contribution in [3.8, 4) is 0 Å². The molecule has 0 aliphatic carbocycles. The van der Waals surface area contributed by atoms with Gasteiger partial charge in [-0.15, -0.1) is 0 Å². The van der Waals surface area contributed by atoms with Crippen molar-refractivity contribution in [1.29, 1.82) is 0 Å². The van der Waals surface area contributed by atoms with Gasteiger partial charge in [0, 0.05) is 19.5 Å². The Labute approximate surface area is 178 Å². The number of hydrogen-bond acceptors (Lipinski definition) is 6. The molecule has 1 heterocycles. The summed E-state index contributed by atoms with van der Waals surface area (Å²) in [5.41, 5.74) is 0. The molecule has 8 heteroatoms. The van der Waals surface area contributed by atoms with Crippen molar-refractivity contribution in [3.63, 3.8) is 0 Å². The maximum atomic E-state index is 9.70. The Hall–Kier alpha value is -0.700. The van der Waals surface area contributed by atoms with E-state index in [1.807, 2.05) is 6.92 Å². The molecule has 0 fully saturated rings. The second-order valence-corrected chi connectivity index (χ2v) is 8.75. The van der Waals surface area contributed by atoms with Crippen LogP contribution in [0.1, 0.15) is 98.3 Å². The second-order valence-electron chi connectivity index (χ2n) is 7.66. The molecular weight excluding hydrogens is 392 g/mol. The number of nitrogens with zero attached hydrogens (tertiary/aromatic N) is 2. The minimum atomic E-state index is -4.17. The summed E-state index contributed by atoms with van der Waals surface area (Å²) in [4.78, 5) is 7.05. The smallest absolute Gasteiger partial charge is 0.391 e. The highest BCUT2D eigenvalue weighted by Crippen LogP contribution is 2.17. The number of hydrogen-bond donors (Lipinski definition) is 2. The first kappa shape index (κ1) is 28.3. The highest BCUT2D eigenvalue weighted by Gasteiger charge is 2.26. The zero-order valence-corrected chi connectivity index (χ0v) is 19.8. The van der Waals surface area contributed by atoms with E-state index in [9.17, 15) is 13.5 Å². The number of aliphatic hydroxyl groups is 1. The molecule has 1 rings (SSSR count). The van der Waals surface area contributed by atoms with E-state index in [2.05, 4.69) is 22.9 Å². The van der Waals surface area contributed by atoms with Crippen LogP contribution in [0.25, 0.3) is 0 Å². The lowest BCUT2D eigenvalue weighted by Gasteiger charge is -2.19. The fourth-order valence-corrected chi connectivity index (χ4v) is 3.66. The predicted molar refractivity (Wildman–Crippen MR) is 120 cm³/mol. The molecule has 1 aliphatic rings. The Kier molecular flexibility index (Phi) is 16.6. The number of aliphatic hydroxyl groups excluding tert-OH is 1. The highest BCUT2D eigenvalue weighted by atomic mass is 32.3. The molecule has 2 atom stereocenters. The highest BCUT2D eigenvalue weighted by molar-refractivity contribution is 7.80. The molecular formula is C21H44N2O5S. The zero-order valence-electron chi connectivity index (χ0n) is 19.0. The molecule has 1 aliphatic heterocycles. The molecule has 7 nitrogen and oxygen atoms in total. The number of amidine groups is 1. The normalized spacial score (nSPS) is 17.7. The molecule has 0 radical (unpaired) electrons. The number of aliphatic imine (C=N–C) groups is 1. The van der Waals surface area contributed by atoms with E-state index in [4.69, 9.17) is 9.55 Å². The van der Waals surface area contributed by atoms with Gasteiger partial charge in [-0.3, -0.25) is 9.55 Å². The third kappa shape index (κ3) is 15.8. The maximum absolute atomic E-state index is 9.70. The van der Waals surface area contributed by atoms with Crippen LogP contribution in [-0.4, -0.2) is 60.7 Å². The van der Waals surface area contributed by atoms with Crippen molar-refractivity contribution in [2.75, 3.05) is 19.7 Å². The summed E-state index contributed by atoms with van der Waals surface area (Å²) < 4.78 is 30.7. The maximum Gasteiger partial charge on any atom is 0.397 e. The minimum Gasteiger partial charge on any atom is -0.391 e. The van der Waals surface area contributed by atoms with Crippen LogP contribution in [0.5, 0.6) is 0 Å². The van der Waals surface area contributed by atoms with Crippen LogP contribution in [-0.2, 0) is 14.6 Å². The van der Waals surface area contributed by atoms with E-state index in [0.717, 1.165) is 19.5 Å². The predicted octanol–water partition coefficient (Wildman–Crippen LogP) is 4.61. The molecule has 2 unspecified atom stereocenters. The van der Waals surface area contributed by atoms with Gasteiger partial charge in [-0.05, 0) is 27.2 Å². The van der Waals surface area contributed by atoms with Crippen LogP contribution in [0, 0.1) is 0 Å². The molecule has 0 saturated carbocycles. The quantitative estimate of drug-likeness (QED) is 0.287. The fourth-order valence-electron chi connectivity index (χ4n) is 3.36. The van der Waals surface area contributed by atoms with Gasteiger partial charge in [0.2, 0.25) is 0 Å². The molecule has 0 saturated heterocycles. The lowest BCUT2D eigenvalue weighted by molar-refractivity contribution is 0.160. The summed E-state index contributed by atoms with van der Waals surface area (Å²) >= 11 is 0. The molecule has 29 heavy (non-hydrogen) atoms. The van der Waals surface area contributed by atoms with Crippen molar-refractivity contribution < 1.29 is 22.3 Å². The van der Waals surface area contributed by atoms with Gasteiger partial charge < -0.3 is 10.0 Å². The van der Waals surface area contributed by atoms with Gasteiger partial charge >= 0.3 is 10.4 Å². The monoisotopic (exact) mass is 436 g/mol. The second kappa shape index (κ2) is 17.0. The fraction of sp³-hybridized carbons (Fsp3) is 0.952. The van der Waals surface area contributed by atoms with Gasteiger partial charge in [-0.1, -0.05) is 64.7 Å². The Morgan fingerprint density at radius 2 is 1.55 bits per heavy atom. The van der Waals surface area contributed by atoms with E-state index < -0.39 is 10.4 Å². The topological polar surface area (TPSA) is 99.4 Å². The van der Waals surface area contributed by atoms with Gasteiger partial charge in [0.25, 0.3) is 0 Å². The average molecular weight is 437 g/mol. The van der Waals surface area contributed by atoms with Crippen LogP contribution in [0.2, 0.25) is 0 Å². The molecule has 174 valence electrons. The summed E-state index contributed by atoms with van der Waals surface area (Å²) in [5, 5.41) is 9.70. The summed E-state index contributed by atoms with van der Waals surface area (Å²) in [5.74, 6) is 1.23. The molecule has 0 aromatic heterocycles. The Morgan fingerprint density at radius 3 is 1.93 bits per heavy atom. The Balaban J connectivity index is 0.000000956. The van der Waals surface area contributed by atoms with Gasteiger partial charge in [-0.25, -0.2) is 4.18 Å². The molecule has 0 aromatic rings. The summed E-state index contributed by atoms with van der Waals surface area (Å²) in [6.45, 7) is 9.66. The van der Waals surface area contributed by atoms with Crippen molar-refractivity contribution in [2.24, 2.45) is 4.99 Å². The third-order valence-electron chi connectivity index (χ3n) is 5.05. The lowest BCUT2D eigenvalue weighted by Crippen LogP contribution is -2.32. The van der Waals surface area contributed by atoms with Crippen molar-refractivity contribution in [3.05, 3.63) is 0 Å². The summed E-state index contributed by atoms with van der Waals surface area (Å²) in [7, 11) is -4.17. The molecule has 0 aromatic carbocycles. The van der Waals surface area contributed by atoms with E-state index in [1.165, 1.54) is 77.0 Å². The van der Waals surface area contributed by atoms with E-state index in [0.29, 0.717) is 0 Å². The third-order valence-corrected chi connectivity index (χ3v) is 5.58. The molecule has 0 amide bonds. The summed E-state index contributed by atoms with van der Waals surface area (Å²) in [6, 6.07) is 0.0954. The van der Waals surface area contributed by atoms with Crippen LogP contribution in [0.15, 0.2) is 4.99 Å². The van der Waals surface area contributed by atoms with Gasteiger partial charge in [0.15, 0.2) is 0 Å². The first-order valence-electron chi connectivity index (χ1n) is 11.4. The van der Waals surface area contributed by atoms with Crippen LogP contribution < -0.4 is 0 Å². The minimum absolute atomic E-state index is 0.0289. The zero-order chi connectivity index (χ0) is 22.1. The number of likely N-dealkylation sites (N-methyl/N-ethyl adjacent to an activating group) is 1. The SMILES string of the molecule is CCCCCCCCCCCCC1=NC(C(C)O)CN1CC.CCOS(=O)(=O)O. The average Bonchev–Trinajstić information content (AvgIpc) is 3.06. The van der Waals surface area contributed by atoms with E-state index in [1.54, 1.807) is 0 Å². The first-order valence-corrected chi connectivity index (χ1v) is 12.7. The summed E-state index contributed by atoms with van der Waals surface area (Å²) in [6.07, 6.45) is 14.5. The van der Waals surface area contributed by atoms with Crippen LogP contribution in [0.4, 0.5) is 0 Å². The van der Waals surface area contributed by atoms with Crippen molar-refractivity contribution in [1.82, 2.24) is 4.90 Å².